The number of halogens is 1. The van der Waals surface area contributed by atoms with Crippen molar-refractivity contribution in [3.05, 3.63) is 28.8 Å². The van der Waals surface area contributed by atoms with Gasteiger partial charge in [-0.3, -0.25) is 0 Å². The van der Waals surface area contributed by atoms with Crippen molar-refractivity contribution in [1.82, 2.24) is 5.32 Å². The molecule has 0 radical (unpaired) electrons. The van der Waals surface area contributed by atoms with Gasteiger partial charge in [-0.05, 0) is 17.7 Å². The maximum atomic E-state index is 8.85. The molecule has 0 saturated heterocycles. The first-order chi connectivity index (χ1) is 8.27. The second-order valence-electron chi connectivity index (χ2n) is 3.49. The molecule has 0 atom stereocenters. The topological polar surface area (TPSA) is 41.5 Å². The molecule has 1 aromatic rings. The van der Waals surface area contributed by atoms with E-state index >= 15 is 0 Å². The summed E-state index contributed by atoms with van der Waals surface area (Å²) < 4.78 is 4.97. The molecule has 2 N–H and O–H groups in total. The molecule has 0 aromatic heterocycles. The highest BCUT2D eigenvalue weighted by atomic mass is 35.5. The van der Waals surface area contributed by atoms with Crippen molar-refractivity contribution in [2.75, 3.05) is 32.6 Å². The Balaban J connectivity index is 2.55. The van der Waals surface area contributed by atoms with Gasteiger partial charge in [0.05, 0.1) is 13.2 Å². The highest BCUT2D eigenvalue weighted by Gasteiger charge is 2.03. The second kappa shape index (κ2) is 8.78. The van der Waals surface area contributed by atoms with E-state index in [9.17, 15) is 0 Å². The van der Waals surface area contributed by atoms with E-state index in [0.717, 1.165) is 23.0 Å². The number of hydrogen-bond donors (Lipinski definition) is 2. The molecule has 0 aliphatic carbocycles. The van der Waals surface area contributed by atoms with Crippen molar-refractivity contribution in [2.45, 2.75) is 11.4 Å². The SMILES string of the molecule is COCCNCc1ccc(Cl)cc1SCCO. The number of methoxy groups -OCH3 is 1. The maximum absolute atomic E-state index is 8.85. The molecule has 96 valence electrons. The molecule has 17 heavy (non-hydrogen) atoms. The zero-order valence-electron chi connectivity index (χ0n) is 9.91. The third kappa shape index (κ3) is 5.75. The third-order valence-corrected chi connectivity index (χ3v) is 3.49. The van der Waals surface area contributed by atoms with Gasteiger partial charge in [0.1, 0.15) is 0 Å². The molecule has 0 aliphatic rings. The molecule has 0 saturated carbocycles. The number of hydrogen-bond acceptors (Lipinski definition) is 4. The molecule has 0 bridgehead atoms. The first-order valence-corrected chi connectivity index (χ1v) is 6.86. The highest BCUT2D eigenvalue weighted by Crippen LogP contribution is 2.26. The Bertz CT molecular complexity index is 336. The van der Waals surface area contributed by atoms with E-state index in [1.54, 1.807) is 18.9 Å². The van der Waals surface area contributed by atoms with Gasteiger partial charge < -0.3 is 15.2 Å². The Labute approximate surface area is 112 Å². The summed E-state index contributed by atoms with van der Waals surface area (Å²) in [5, 5.41) is 12.9. The smallest absolute Gasteiger partial charge is 0.0587 e. The van der Waals surface area contributed by atoms with Gasteiger partial charge in [0.2, 0.25) is 0 Å². The van der Waals surface area contributed by atoms with Gasteiger partial charge in [0.25, 0.3) is 0 Å². The lowest BCUT2D eigenvalue weighted by Gasteiger charge is -2.10. The van der Waals surface area contributed by atoms with E-state index in [1.165, 1.54) is 5.56 Å². The molecule has 0 amide bonds. The highest BCUT2D eigenvalue weighted by molar-refractivity contribution is 7.99. The van der Waals surface area contributed by atoms with Crippen LogP contribution in [0.3, 0.4) is 0 Å². The minimum atomic E-state index is 0.174. The van der Waals surface area contributed by atoms with Crippen LogP contribution in [0.4, 0.5) is 0 Å². The van der Waals surface area contributed by atoms with Crippen LogP contribution >= 0.6 is 23.4 Å². The fourth-order valence-electron chi connectivity index (χ4n) is 1.36. The Morgan fingerprint density at radius 2 is 2.29 bits per heavy atom. The lowest BCUT2D eigenvalue weighted by molar-refractivity contribution is 0.199. The van der Waals surface area contributed by atoms with Crippen molar-refractivity contribution in [3.63, 3.8) is 0 Å². The summed E-state index contributed by atoms with van der Waals surface area (Å²) in [7, 11) is 1.69. The molecule has 1 aromatic carbocycles. The van der Waals surface area contributed by atoms with Gasteiger partial charge in [-0.2, -0.15) is 0 Å². The van der Waals surface area contributed by atoms with E-state index in [0.29, 0.717) is 12.4 Å². The summed E-state index contributed by atoms with van der Waals surface area (Å²) in [6, 6.07) is 5.84. The lowest BCUT2D eigenvalue weighted by atomic mass is 10.2. The van der Waals surface area contributed by atoms with Crippen LogP contribution in [-0.4, -0.2) is 37.7 Å². The van der Waals surface area contributed by atoms with Crippen LogP contribution in [0.15, 0.2) is 23.1 Å². The second-order valence-corrected chi connectivity index (χ2v) is 5.07. The van der Waals surface area contributed by atoms with Crippen molar-refractivity contribution < 1.29 is 9.84 Å². The summed E-state index contributed by atoms with van der Waals surface area (Å²) in [5.41, 5.74) is 1.20. The standard InChI is InChI=1S/C12H18ClNO2S/c1-16-6-4-14-9-10-2-3-11(13)8-12(10)17-7-5-15/h2-3,8,14-15H,4-7,9H2,1H3. The first-order valence-electron chi connectivity index (χ1n) is 5.49. The number of benzene rings is 1. The van der Waals surface area contributed by atoms with Gasteiger partial charge in [0.15, 0.2) is 0 Å². The van der Waals surface area contributed by atoms with Gasteiger partial charge in [-0.25, -0.2) is 0 Å². The molecule has 5 heteroatoms. The monoisotopic (exact) mass is 275 g/mol. The molecule has 0 heterocycles. The summed E-state index contributed by atoms with van der Waals surface area (Å²) in [5.74, 6) is 0.686. The number of ether oxygens (including phenoxy) is 1. The van der Waals surface area contributed by atoms with Gasteiger partial charge >= 0.3 is 0 Å². The largest absolute Gasteiger partial charge is 0.396 e. The summed E-state index contributed by atoms with van der Waals surface area (Å²) in [6.07, 6.45) is 0. The van der Waals surface area contributed by atoms with Gasteiger partial charge in [-0.1, -0.05) is 17.7 Å². The van der Waals surface area contributed by atoms with Crippen molar-refractivity contribution in [2.24, 2.45) is 0 Å². The minimum absolute atomic E-state index is 0.174. The molecular weight excluding hydrogens is 258 g/mol. The Morgan fingerprint density at radius 1 is 1.47 bits per heavy atom. The minimum Gasteiger partial charge on any atom is -0.396 e. The number of aliphatic hydroxyl groups excluding tert-OH is 1. The normalized spacial score (nSPS) is 10.8. The van der Waals surface area contributed by atoms with Gasteiger partial charge in [0, 0.05) is 35.9 Å². The van der Waals surface area contributed by atoms with E-state index in [4.69, 9.17) is 21.4 Å². The number of rotatable bonds is 8. The summed E-state index contributed by atoms with van der Waals surface area (Å²) in [6.45, 7) is 2.48. The van der Waals surface area contributed by atoms with Gasteiger partial charge in [-0.15, -0.1) is 11.8 Å². The van der Waals surface area contributed by atoms with Crippen molar-refractivity contribution in [1.29, 1.82) is 0 Å². The van der Waals surface area contributed by atoms with Crippen LogP contribution in [0, 0.1) is 0 Å². The lowest BCUT2D eigenvalue weighted by Crippen LogP contribution is -2.18. The van der Waals surface area contributed by atoms with E-state index < -0.39 is 0 Å². The van der Waals surface area contributed by atoms with E-state index in [2.05, 4.69) is 5.32 Å². The number of nitrogens with one attached hydrogen (secondary N) is 1. The Morgan fingerprint density at radius 3 is 3.00 bits per heavy atom. The van der Waals surface area contributed by atoms with Crippen LogP contribution < -0.4 is 5.32 Å². The van der Waals surface area contributed by atoms with E-state index in [1.807, 2.05) is 18.2 Å². The first kappa shape index (κ1) is 14.8. The molecular formula is C12H18ClNO2S. The zero-order valence-corrected chi connectivity index (χ0v) is 11.5. The van der Waals surface area contributed by atoms with Crippen LogP contribution in [0.25, 0.3) is 0 Å². The van der Waals surface area contributed by atoms with Crippen molar-refractivity contribution >= 4 is 23.4 Å². The average molecular weight is 276 g/mol. The average Bonchev–Trinajstić information content (AvgIpc) is 2.34. The Kier molecular flexibility index (Phi) is 7.64. The predicted octanol–water partition coefficient (Wildman–Crippen LogP) is 2.16. The third-order valence-electron chi connectivity index (χ3n) is 2.18. The number of thioether (sulfide) groups is 1. The van der Waals surface area contributed by atoms with Crippen LogP contribution in [0.5, 0.6) is 0 Å². The molecule has 3 nitrogen and oxygen atoms in total. The predicted molar refractivity (Wildman–Crippen MR) is 72.8 cm³/mol. The van der Waals surface area contributed by atoms with Crippen molar-refractivity contribution in [3.8, 4) is 0 Å². The quantitative estimate of drug-likeness (QED) is 0.564. The molecule has 0 spiro atoms. The maximum Gasteiger partial charge on any atom is 0.0587 e. The molecule has 0 fully saturated rings. The van der Waals surface area contributed by atoms with Crippen LogP contribution in [0.2, 0.25) is 5.02 Å². The van der Waals surface area contributed by atoms with E-state index in [-0.39, 0.29) is 6.61 Å². The Hall–Kier alpha value is -0.260. The summed E-state index contributed by atoms with van der Waals surface area (Å²) in [4.78, 5) is 1.12. The molecule has 0 unspecified atom stereocenters. The van der Waals surface area contributed by atoms with Crippen LogP contribution in [-0.2, 0) is 11.3 Å². The summed E-state index contributed by atoms with van der Waals surface area (Å²) >= 11 is 7.58. The van der Waals surface area contributed by atoms with Crippen LogP contribution in [0.1, 0.15) is 5.56 Å². The number of aliphatic hydroxyl groups is 1. The fraction of sp³-hybridized carbons (Fsp3) is 0.500. The molecule has 0 aliphatic heterocycles. The fourth-order valence-corrected chi connectivity index (χ4v) is 2.45. The molecule has 1 rings (SSSR count). The zero-order chi connectivity index (χ0) is 12.5.